The second-order valence-electron chi connectivity index (χ2n) is 7.20. The number of aliphatic hydroxyl groups is 1. The van der Waals surface area contributed by atoms with Crippen molar-refractivity contribution < 1.29 is 19.3 Å². The van der Waals surface area contributed by atoms with Gasteiger partial charge in [-0.3, -0.25) is 4.57 Å². The van der Waals surface area contributed by atoms with Gasteiger partial charge < -0.3 is 30.0 Å². The molecule has 2 aliphatic rings. The normalized spacial score (nSPS) is 30.3. The summed E-state index contributed by atoms with van der Waals surface area (Å²) in [6.45, 7) is 5.05. The van der Waals surface area contributed by atoms with E-state index in [4.69, 9.17) is 25.1 Å². The van der Waals surface area contributed by atoms with Gasteiger partial charge in [-0.05, 0) is 20.9 Å². The Morgan fingerprint density at radius 3 is 2.81 bits per heavy atom. The van der Waals surface area contributed by atoms with Crippen LogP contribution >= 0.6 is 0 Å². The van der Waals surface area contributed by atoms with E-state index in [9.17, 15) is 0 Å². The molecule has 3 N–H and O–H groups in total. The highest BCUT2D eigenvalue weighted by Gasteiger charge is 2.56. The number of imidazole rings is 1. The van der Waals surface area contributed by atoms with E-state index < -0.39 is 12.0 Å². The summed E-state index contributed by atoms with van der Waals surface area (Å²) in [5.74, 6) is -0.373. The highest BCUT2D eigenvalue weighted by atomic mass is 16.8. The van der Waals surface area contributed by atoms with Gasteiger partial charge in [-0.25, -0.2) is 15.0 Å². The van der Waals surface area contributed by atoms with Crippen molar-refractivity contribution in [2.24, 2.45) is 0 Å². The van der Waals surface area contributed by atoms with Crippen molar-refractivity contribution in [2.45, 2.75) is 44.2 Å². The SMILES string of the molecule is CN(CCO)CC1OC(n2cnc3c(N)ncnc32)C2OC(C)(C)OC12. The molecule has 4 atom stereocenters. The van der Waals surface area contributed by atoms with Crippen LogP contribution in [0.1, 0.15) is 20.1 Å². The highest BCUT2D eigenvalue weighted by Crippen LogP contribution is 2.43. The Balaban J connectivity index is 1.66. The summed E-state index contributed by atoms with van der Waals surface area (Å²) in [6.07, 6.45) is 1.88. The van der Waals surface area contributed by atoms with E-state index in [1.165, 1.54) is 6.33 Å². The number of nitrogens with zero attached hydrogens (tertiary/aromatic N) is 5. The van der Waals surface area contributed by atoms with Crippen molar-refractivity contribution in [1.82, 2.24) is 24.4 Å². The maximum atomic E-state index is 9.15. The van der Waals surface area contributed by atoms with Gasteiger partial charge in [0.1, 0.15) is 30.2 Å². The predicted octanol–water partition coefficient (Wildman–Crippen LogP) is -0.250. The van der Waals surface area contributed by atoms with Gasteiger partial charge in [0, 0.05) is 13.1 Å². The van der Waals surface area contributed by atoms with Crippen molar-refractivity contribution in [3.8, 4) is 0 Å². The molecule has 0 aliphatic carbocycles. The first kappa shape index (κ1) is 17.6. The average molecular weight is 364 g/mol. The molecule has 2 aliphatic heterocycles. The van der Waals surface area contributed by atoms with Crippen LogP contribution in [0.4, 0.5) is 5.82 Å². The molecule has 142 valence electrons. The second-order valence-corrected chi connectivity index (χ2v) is 7.20. The Morgan fingerprint density at radius 2 is 2.04 bits per heavy atom. The van der Waals surface area contributed by atoms with Crippen LogP contribution in [0.2, 0.25) is 0 Å². The van der Waals surface area contributed by atoms with Gasteiger partial charge in [0.15, 0.2) is 23.5 Å². The van der Waals surface area contributed by atoms with E-state index in [-0.39, 0.29) is 24.9 Å². The number of ether oxygens (including phenoxy) is 3. The molecule has 10 nitrogen and oxygen atoms in total. The van der Waals surface area contributed by atoms with E-state index in [2.05, 4.69) is 15.0 Å². The van der Waals surface area contributed by atoms with Crippen LogP contribution in [-0.2, 0) is 14.2 Å². The summed E-state index contributed by atoms with van der Waals surface area (Å²) in [6, 6.07) is 0. The molecule has 4 unspecified atom stereocenters. The molecule has 2 fully saturated rings. The summed E-state index contributed by atoms with van der Waals surface area (Å²) < 4.78 is 20.3. The molecule has 2 aromatic rings. The minimum absolute atomic E-state index is 0.0892. The van der Waals surface area contributed by atoms with E-state index in [1.54, 1.807) is 6.33 Å². The van der Waals surface area contributed by atoms with E-state index in [0.29, 0.717) is 30.1 Å². The van der Waals surface area contributed by atoms with E-state index in [0.717, 1.165) is 0 Å². The van der Waals surface area contributed by atoms with Crippen LogP contribution in [0.15, 0.2) is 12.7 Å². The van der Waals surface area contributed by atoms with Crippen molar-refractivity contribution in [3.05, 3.63) is 12.7 Å². The minimum Gasteiger partial charge on any atom is -0.395 e. The highest BCUT2D eigenvalue weighted by molar-refractivity contribution is 5.81. The number of rotatable bonds is 5. The van der Waals surface area contributed by atoms with Gasteiger partial charge >= 0.3 is 0 Å². The van der Waals surface area contributed by atoms with Crippen LogP contribution < -0.4 is 5.73 Å². The molecular weight excluding hydrogens is 340 g/mol. The molecule has 0 spiro atoms. The first-order valence-electron chi connectivity index (χ1n) is 8.63. The zero-order chi connectivity index (χ0) is 18.5. The maximum Gasteiger partial charge on any atom is 0.167 e. The number of anilines is 1. The third-order valence-corrected chi connectivity index (χ3v) is 4.76. The third-order valence-electron chi connectivity index (χ3n) is 4.76. The van der Waals surface area contributed by atoms with Gasteiger partial charge in [-0.15, -0.1) is 0 Å². The number of fused-ring (bicyclic) bond motifs is 2. The molecule has 0 bridgehead atoms. The zero-order valence-electron chi connectivity index (χ0n) is 15.1. The first-order valence-corrected chi connectivity index (χ1v) is 8.63. The Labute approximate surface area is 150 Å². The van der Waals surface area contributed by atoms with E-state index >= 15 is 0 Å². The van der Waals surface area contributed by atoms with Gasteiger partial charge in [0.05, 0.1) is 12.9 Å². The van der Waals surface area contributed by atoms with Gasteiger partial charge in [-0.2, -0.15) is 0 Å². The Hall–Kier alpha value is -1.85. The number of aliphatic hydroxyl groups excluding tert-OH is 1. The van der Waals surface area contributed by atoms with Gasteiger partial charge in [0.25, 0.3) is 0 Å². The average Bonchev–Trinajstić information content (AvgIpc) is 3.21. The lowest BCUT2D eigenvalue weighted by atomic mass is 10.1. The topological polar surface area (TPSA) is 121 Å². The number of nitrogens with two attached hydrogens (primary N) is 1. The fraction of sp³-hybridized carbons (Fsp3) is 0.688. The first-order chi connectivity index (χ1) is 12.4. The molecule has 0 saturated carbocycles. The fourth-order valence-corrected chi connectivity index (χ4v) is 3.66. The number of nitrogen functional groups attached to an aromatic ring is 1. The predicted molar refractivity (Wildman–Crippen MR) is 92.1 cm³/mol. The largest absolute Gasteiger partial charge is 0.395 e. The summed E-state index contributed by atoms with van der Waals surface area (Å²) in [7, 11) is 1.93. The van der Waals surface area contributed by atoms with Crippen molar-refractivity contribution in [3.63, 3.8) is 0 Å². The smallest absolute Gasteiger partial charge is 0.167 e. The van der Waals surface area contributed by atoms with Gasteiger partial charge in [-0.1, -0.05) is 0 Å². The lowest BCUT2D eigenvalue weighted by Crippen LogP contribution is -2.39. The molecule has 10 heteroatoms. The van der Waals surface area contributed by atoms with Crippen molar-refractivity contribution >= 4 is 17.0 Å². The molecule has 4 rings (SSSR count). The summed E-state index contributed by atoms with van der Waals surface area (Å²) in [5.41, 5.74) is 7.02. The van der Waals surface area contributed by atoms with Crippen LogP contribution in [0, 0.1) is 0 Å². The number of aromatic nitrogens is 4. The molecule has 0 amide bonds. The molecule has 2 aromatic heterocycles. The summed E-state index contributed by atoms with van der Waals surface area (Å²) >= 11 is 0. The van der Waals surface area contributed by atoms with Crippen molar-refractivity contribution in [2.75, 3.05) is 32.5 Å². The standard InChI is InChI=1S/C16H24N6O4/c1-16(2)25-11-9(6-21(3)4-5-23)24-15(12(11)26-16)22-8-20-10-13(17)18-7-19-14(10)22/h7-9,11-12,15,23H,4-6H2,1-3H3,(H2,17,18,19). The summed E-state index contributed by atoms with van der Waals surface area (Å²) in [5, 5.41) is 9.15. The van der Waals surface area contributed by atoms with Crippen LogP contribution in [0.25, 0.3) is 11.2 Å². The Bertz CT molecular complexity index is 796. The van der Waals surface area contributed by atoms with Crippen LogP contribution in [0.5, 0.6) is 0 Å². The van der Waals surface area contributed by atoms with Crippen LogP contribution in [0.3, 0.4) is 0 Å². The lowest BCUT2D eigenvalue weighted by Gasteiger charge is -2.26. The molecule has 4 heterocycles. The number of likely N-dealkylation sites (N-methyl/N-ethyl adjacent to an activating group) is 1. The second kappa shape index (κ2) is 6.39. The van der Waals surface area contributed by atoms with E-state index in [1.807, 2.05) is 30.4 Å². The molecule has 2 saturated heterocycles. The monoisotopic (exact) mass is 364 g/mol. The lowest BCUT2D eigenvalue weighted by molar-refractivity contribution is -0.197. The molecule has 26 heavy (non-hydrogen) atoms. The van der Waals surface area contributed by atoms with Gasteiger partial charge in [0.2, 0.25) is 0 Å². The summed E-state index contributed by atoms with van der Waals surface area (Å²) in [4.78, 5) is 14.6. The zero-order valence-corrected chi connectivity index (χ0v) is 15.1. The number of hydrogen-bond donors (Lipinski definition) is 2. The Kier molecular flexibility index (Phi) is 4.32. The maximum absolute atomic E-state index is 9.15. The van der Waals surface area contributed by atoms with Crippen molar-refractivity contribution in [1.29, 1.82) is 0 Å². The minimum atomic E-state index is -0.699. The quantitative estimate of drug-likeness (QED) is 0.739. The fourth-order valence-electron chi connectivity index (χ4n) is 3.66. The molecular formula is C16H24N6O4. The molecule has 0 radical (unpaired) electrons. The van der Waals surface area contributed by atoms with Crippen LogP contribution in [-0.4, -0.2) is 80.4 Å². The Morgan fingerprint density at radius 1 is 1.27 bits per heavy atom. The third kappa shape index (κ3) is 2.93. The number of hydrogen-bond acceptors (Lipinski definition) is 9. The molecule has 0 aromatic carbocycles.